The van der Waals surface area contributed by atoms with Crippen LogP contribution in [0.15, 0.2) is 182 Å². The van der Waals surface area contributed by atoms with Crippen LogP contribution in [0.1, 0.15) is 158 Å². The zero-order chi connectivity index (χ0) is 58.5. The van der Waals surface area contributed by atoms with Crippen molar-refractivity contribution < 1.29 is 112 Å². The number of hydrogen-bond donors (Lipinski definition) is 0. The maximum atomic E-state index is 6.53. The Kier molecular flexibility index (Phi) is 27.9. The van der Waals surface area contributed by atoms with E-state index in [1.807, 2.05) is 144 Å². The second kappa shape index (κ2) is 31.8. The smallest absolute Gasteiger partial charge is 0.126 e. The van der Waals surface area contributed by atoms with Gasteiger partial charge >= 0.3 is 0 Å². The maximum Gasteiger partial charge on any atom is 0.126 e. The van der Waals surface area contributed by atoms with E-state index in [9.17, 15) is 0 Å². The Morgan fingerprint density at radius 3 is 1.17 bits per heavy atom. The number of aromatic nitrogens is 1. The van der Waals surface area contributed by atoms with Crippen molar-refractivity contribution in [1.82, 2.24) is 4.98 Å². The number of fused-ring (bicyclic) bond motifs is 10. The summed E-state index contributed by atoms with van der Waals surface area (Å²) in [6.45, 7) is 37.2. The molecule has 6 aliphatic rings. The summed E-state index contributed by atoms with van der Waals surface area (Å²) >= 11 is 0. The zero-order valence-corrected chi connectivity index (χ0v) is 61.3. The average molecular weight is 1340 g/mol. The molecule has 14 rings (SSSR count). The van der Waals surface area contributed by atoms with Crippen molar-refractivity contribution in [1.29, 1.82) is 0 Å². The molecular weight excluding hydrogens is 1250 g/mol. The van der Waals surface area contributed by atoms with E-state index in [-0.39, 0.29) is 114 Å². The van der Waals surface area contributed by atoms with Crippen LogP contribution in [0.2, 0.25) is 0 Å². The first kappa shape index (κ1) is 72.8. The molecule has 7 nitrogen and oxygen atoms in total. The minimum absolute atomic E-state index is 0. The summed E-state index contributed by atoms with van der Waals surface area (Å²) < 4.78 is 19.4. The summed E-state index contributed by atoms with van der Waals surface area (Å²) in [5, 5.41) is 18.4. The normalized spacial score (nSPS) is 19.5. The van der Waals surface area contributed by atoms with Gasteiger partial charge in [-0.2, -0.15) is 0 Å². The minimum Gasteiger partial charge on any atom is -0.643 e. The maximum absolute atomic E-state index is 6.53. The number of nitrogens with zero attached hydrogens (tertiary/aromatic N) is 4. The van der Waals surface area contributed by atoms with Gasteiger partial charge in [0.2, 0.25) is 0 Å². The fourth-order valence-corrected chi connectivity index (χ4v) is 10.9. The Morgan fingerprint density at radius 2 is 0.699 bits per heavy atom. The van der Waals surface area contributed by atoms with Gasteiger partial charge in [-0.1, -0.05) is 305 Å². The molecule has 0 amide bonds. The summed E-state index contributed by atoms with van der Waals surface area (Å²) in [6, 6.07) is 53.7. The van der Waals surface area contributed by atoms with Gasteiger partial charge < -0.3 is 30.2 Å². The molecule has 0 fully saturated rings. The second-order valence-corrected chi connectivity index (χ2v) is 19.9. The Morgan fingerprint density at radius 1 is 0.337 bits per heavy atom. The molecule has 429 valence electrons. The van der Waals surface area contributed by atoms with Crippen LogP contribution < -0.4 is 14.2 Å². The van der Waals surface area contributed by atoms with Gasteiger partial charge in [0.05, 0.1) is 22.7 Å². The summed E-state index contributed by atoms with van der Waals surface area (Å²) in [6.07, 6.45) is 14.6. The van der Waals surface area contributed by atoms with Crippen LogP contribution in [0.25, 0.3) is 55.9 Å². The molecule has 3 spiro atoms. The van der Waals surface area contributed by atoms with Gasteiger partial charge in [0.1, 0.15) is 17.2 Å². The van der Waals surface area contributed by atoms with E-state index in [0.29, 0.717) is 0 Å². The van der Waals surface area contributed by atoms with E-state index >= 15 is 0 Å². The molecule has 0 saturated heterocycles. The third-order valence-corrected chi connectivity index (χ3v) is 15.2. The molecule has 7 heterocycles. The Bertz CT molecular complexity index is 3300. The van der Waals surface area contributed by atoms with Crippen LogP contribution in [0.5, 0.6) is 17.2 Å². The van der Waals surface area contributed by atoms with Gasteiger partial charge in [-0.25, -0.2) is 0 Å². The SMILES string of the molecule is CC.CC.CC.CC.CC.CC.CC1(C)c2ccccc2[N-]C12C=Cc1c(ccc3ccccc13)O2.CC1(C)c2ccccc2[N-]C12C=Cc1c(ccc3ncccc13)O2.CC1(C)c2ccccc2[N-]C12C=Cc1ccccc1O2.[Y].[Y].[Y]. The van der Waals surface area contributed by atoms with Crippen LogP contribution in [0, 0.1) is 0 Å². The molecule has 3 radical (unpaired) electrons. The molecule has 6 aliphatic heterocycles. The standard InChI is InChI=1S/C22H18NO.C21H17N2O.C18H16NO.6C2H6.3Y/c1-21(2)18-9-5-6-10-19(18)23-22(21)14-13-17-16-8-4-3-7-15(16)11-12-20(17)24-22;1-20(2)16-7-3-4-8-18(16)23-21(20)12-11-15-14-6-5-13-22-17(14)9-10-19(15)24-21;1-17(2)14-8-4-5-9-15(14)19-18(17)12-11-13-7-3-6-10-16(13)20-18;6*1-2;;;/h3-14H,1-2H3;3-13H,1-2H3;3-12H,1-2H3;6*1-2H3;;;/q3*-1;;;;;;;;;. The van der Waals surface area contributed by atoms with E-state index in [0.717, 1.165) is 61.9 Å². The molecule has 10 heteroatoms. The van der Waals surface area contributed by atoms with Crippen LogP contribution >= 0.6 is 0 Å². The fraction of sp³-hybridized carbons (Fsp3) is 0.329. The quantitative estimate of drug-likeness (QED) is 0.151. The van der Waals surface area contributed by atoms with Gasteiger partial charge in [-0.05, 0) is 41.1 Å². The number of pyridine rings is 1. The summed E-state index contributed by atoms with van der Waals surface area (Å²) in [5.41, 5.74) is 8.43. The summed E-state index contributed by atoms with van der Waals surface area (Å²) in [4.78, 5) is 4.43. The van der Waals surface area contributed by atoms with Gasteiger partial charge in [0.15, 0.2) is 0 Å². The van der Waals surface area contributed by atoms with Gasteiger partial charge in [0, 0.05) is 143 Å². The van der Waals surface area contributed by atoms with Crippen LogP contribution in [-0.4, -0.2) is 22.2 Å². The first-order valence-corrected chi connectivity index (χ1v) is 29.4. The number of rotatable bonds is 0. The topological polar surface area (TPSA) is 82.9 Å². The Hall–Kier alpha value is -4.46. The molecule has 0 saturated carbocycles. The Balaban J connectivity index is 0.000000295. The van der Waals surface area contributed by atoms with Crippen molar-refractivity contribution in [2.24, 2.45) is 0 Å². The van der Waals surface area contributed by atoms with Crippen LogP contribution in [0.4, 0.5) is 17.1 Å². The fourth-order valence-electron chi connectivity index (χ4n) is 10.9. The number of para-hydroxylation sites is 4. The van der Waals surface area contributed by atoms with Crippen LogP contribution in [0.3, 0.4) is 0 Å². The van der Waals surface area contributed by atoms with E-state index < -0.39 is 17.2 Å². The van der Waals surface area contributed by atoms with Gasteiger partial charge in [-0.15, -0.1) is 17.1 Å². The van der Waals surface area contributed by atoms with E-state index in [1.165, 1.54) is 27.5 Å². The van der Waals surface area contributed by atoms with Crippen molar-refractivity contribution in [2.75, 3.05) is 0 Å². The predicted molar refractivity (Wildman–Crippen MR) is 345 cm³/mol. The summed E-state index contributed by atoms with van der Waals surface area (Å²) in [7, 11) is 0. The molecule has 7 aromatic carbocycles. The van der Waals surface area contributed by atoms with E-state index in [4.69, 9.17) is 30.2 Å². The molecule has 3 atom stereocenters. The van der Waals surface area contributed by atoms with Crippen LogP contribution in [-0.2, 0) is 114 Å². The number of benzene rings is 7. The van der Waals surface area contributed by atoms with Crippen molar-refractivity contribution in [3.8, 4) is 17.2 Å². The molecule has 3 unspecified atom stereocenters. The molecule has 1 aromatic heterocycles. The van der Waals surface area contributed by atoms with Gasteiger partial charge in [-0.3, -0.25) is 4.98 Å². The first-order valence-electron chi connectivity index (χ1n) is 29.4. The third-order valence-electron chi connectivity index (χ3n) is 15.2. The largest absolute Gasteiger partial charge is 0.643 e. The van der Waals surface area contributed by atoms with Crippen molar-refractivity contribution >= 4 is 57.0 Å². The average Bonchev–Trinajstić information content (AvgIpc) is 3.60. The third kappa shape index (κ3) is 13.6. The predicted octanol–water partition coefficient (Wildman–Crippen LogP) is 22.2. The molecule has 0 aliphatic carbocycles. The second-order valence-electron chi connectivity index (χ2n) is 19.9. The monoisotopic (exact) mass is 1330 g/mol. The molecular formula is C73H87N4O3Y3-3. The van der Waals surface area contributed by atoms with Gasteiger partial charge in [0.25, 0.3) is 0 Å². The summed E-state index contributed by atoms with van der Waals surface area (Å²) in [5.74, 6) is 2.67. The molecule has 0 N–H and O–H groups in total. The number of ether oxygens (including phenoxy) is 3. The van der Waals surface area contributed by atoms with Crippen molar-refractivity contribution in [3.63, 3.8) is 0 Å². The van der Waals surface area contributed by atoms with E-state index in [2.05, 4.69) is 186 Å². The van der Waals surface area contributed by atoms with E-state index in [1.54, 1.807) is 0 Å². The molecule has 0 bridgehead atoms. The first-order chi connectivity index (χ1) is 38.8. The Labute approximate surface area is 574 Å². The zero-order valence-electron chi connectivity index (χ0n) is 52.8. The molecule has 8 aromatic rings. The minimum atomic E-state index is -0.695. The van der Waals surface area contributed by atoms with Crippen molar-refractivity contribution in [3.05, 3.63) is 231 Å². The molecule has 83 heavy (non-hydrogen) atoms. The van der Waals surface area contributed by atoms with Crippen molar-refractivity contribution in [2.45, 2.75) is 158 Å². The number of hydrogen-bond acceptors (Lipinski definition) is 4.